The Morgan fingerprint density at radius 2 is 2.60 bits per heavy atom. The Hall–Kier alpha value is -1.06. The molecule has 1 aliphatic heterocycles. The first-order valence-corrected chi connectivity index (χ1v) is 3.27. The van der Waals surface area contributed by atoms with Gasteiger partial charge in [0.05, 0.1) is 6.54 Å². The third kappa shape index (κ3) is 1.26. The average molecular weight is 141 g/mol. The molecule has 0 radical (unpaired) electrons. The van der Waals surface area contributed by atoms with Gasteiger partial charge in [0.25, 0.3) is 5.91 Å². The second-order valence-corrected chi connectivity index (χ2v) is 2.31. The van der Waals surface area contributed by atoms with Crippen LogP contribution >= 0.6 is 0 Å². The lowest BCUT2D eigenvalue weighted by atomic mass is 10.4. The second kappa shape index (κ2) is 2.68. The van der Waals surface area contributed by atoms with Gasteiger partial charge in [-0.05, 0) is 6.92 Å². The molecule has 2 N–H and O–H groups in total. The standard InChI is InChI=1S/C6H11N3O/c1-4-3-8-5(9-4)6(10)7-2/h4H,3H2,1-2H3,(H,7,10)(H,8,9). The Bertz CT molecular complexity index is 176. The van der Waals surface area contributed by atoms with Crippen molar-refractivity contribution < 1.29 is 4.79 Å². The maximum absolute atomic E-state index is 10.9. The van der Waals surface area contributed by atoms with Crippen molar-refractivity contribution in [2.24, 2.45) is 4.99 Å². The molecular weight excluding hydrogens is 130 g/mol. The van der Waals surface area contributed by atoms with E-state index in [1.165, 1.54) is 0 Å². The molecule has 10 heavy (non-hydrogen) atoms. The summed E-state index contributed by atoms with van der Waals surface area (Å²) in [5.74, 6) is 0.319. The van der Waals surface area contributed by atoms with Crippen LogP contribution in [0, 0.1) is 0 Å². The smallest absolute Gasteiger partial charge is 0.286 e. The number of hydrogen-bond acceptors (Lipinski definition) is 3. The summed E-state index contributed by atoms with van der Waals surface area (Å²) in [5.41, 5.74) is 0. The normalized spacial score (nSPS) is 23.4. The number of hydrogen-bond donors (Lipinski definition) is 2. The van der Waals surface area contributed by atoms with Crippen molar-refractivity contribution in [1.82, 2.24) is 10.6 Å². The molecule has 1 atom stereocenters. The van der Waals surface area contributed by atoms with Gasteiger partial charge in [0.1, 0.15) is 0 Å². The van der Waals surface area contributed by atoms with Gasteiger partial charge in [-0.1, -0.05) is 0 Å². The van der Waals surface area contributed by atoms with Crippen LogP contribution in [0.25, 0.3) is 0 Å². The van der Waals surface area contributed by atoms with E-state index in [1.54, 1.807) is 7.05 Å². The molecule has 1 amide bonds. The highest BCUT2D eigenvalue weighted by atomic mass is 16.2. The van der Waals surface area contributed by atoms with Crippen LogP contribution in [-0.2, 0) is 4.79 Å². The van der Waals surface area contributed by atoms with E-state index in [4.69, 9.17) is 0 Å². The zero-order chi connectivity index (χ0) is 7.56. The van der Waals surface area contributed by atoms with Gasteiger partial charge in [-0.2, -0.15) is 0 Å². The van der Waals surface area contributed by atoms with Crippen LogP contribution in [0.2, 0.25) is 0 Å². The molecule has 0 aromatic rings. The van der Waals surface area contributed by atoms with E-state index in [0.29, 0.717) is 18.4 Å². The maximum Gasteiger partial charge on any atom is 0.286 e. The number of aliphatic imine (C=N–C) groups is 1. The number of likely N-dealkylation sites (N-methyl/N-ethyl adjacent to an activating group) is 1. The Labute approximate surface area is 59.7 Å². The van der Waals surface area contributed by atoms with Gasteiger partial charge in [0.2, 0.25) is 0 Å². The van der Waals surface area contributed by atoms with Gasteiger partial charge in [0.15, 0.2) is 5.84 Å². The highest BCUT2D eigenvalue weighted by molar-refractivity contribution is 6.38. The second-order valence-electron chi connectivity index (χ2n) is 2.31. The SMILES string of the molecule is CNC(=O)C1=NCC(C)N1. The Morgan fingerprint density at radius 3 is 3.00 bits per heavy atom. The number of carbonyl (C=O) groups is 1. The molecule has 0 saturated carbocycles. The van der Waals surface area contributed by atoms with Gasteiger partial charge in [0, 0.05) is 13.1 Å². The minimum Gasteiger partial charge on any atom is -0.361 e. The molecule has 0 fully saturated rings. The highest BCUT2D eigenvalue weighted by Crippen LogP contribution is 1.93. The Balaban J connectivity index is 2.51. The van der Waals surface area contributed by atoms with Crippen LogP contribution in [0.4, 0.5) is 0 Å². The fraction of sp³-hybridized carbons (Fsp3) is 0.667. The largest absolute Gasteiger partial charge is 0.361 e. The van der Waals surface area contributed by atoms with Gasteiger partial charge in [-0.25, -0.2) is 0 Å². The van der Waals surface area contributed by atoms with Gasteiger partial charge >= 0.3 is 0 Å². The zero-order valence-electron chi connectivity index (χ0n) is 6.14. The van der Waals surface area contributed by atoms with Gasteiger partial charge in [-0.15, -0.1) is 0 Å². The average Bonchev–Trinajstić information content (AvgIpc) is 2.34. The number of nitrogens with zero attached hydrogens (tertiary/aromatic N) is 1. The lowest BCUT2D eigenvalue weighted by Crippen LogP contribution is -2.38. The van der Waals surface area contributed by atoms with E-state index >= 15 is 0 Å². The molecule has 1 heterocycles. The topological polar surface area (TPSA) is 53.5 Å². The van der Waals surface area contributed by atoms with Crippen molar-refractivity contribution in [3.05, 3.63) is 0 Å². The van der Waals surface area contributed by atoms with Crippen LogP contribution in [0.3, 0.4) is 0 Å². The summed E-state index contributed by atoms with van der Waals surface area (Å²) in [6, 6.07) is 0.298. The maximum atomic E-state index is 10.9. The lowest BCUT2D eigenvalue weighted by molar-refractivity contribution is -0.114. The number of rotatable bonds is 1. The van der Waals surface area contributed by atoms with Crippen molar-refractivity contribution in [2.45, 2.75) is 13.0 Å². The van der Waals surface area contributed by atoms with E-state index in [1.807, 2.05) is 6.92 Å². The molecular formula is C6H11N3O. The first-order valence-electron chi connectivity index (χ1n) is 3.27. The van der Waals surface area contributed by atoms with Crippen LogP contribution in [-0.4, -0.2) is 31.4 Å². The number of nitrogens with one attached hydrogen (secondary N) is 2. The zero-order valence-corrected chi connectivity index (χ0v) is 6.14. The molecule has 4 nitrogen and oxygen atoms in total. The van der Waals surface area contributed by atoms with E-state index in [9.17, 15) is 4.79 Å². The van der Waals surface area contributed by atoms with E-state index in [0.717, 1.165) is 0 Å². The van der Waals surface area contributed by atoms with E-state index < -0.39 is 0 Å². The van der Waals surface area contributed by atoms with Crippen LogP contribution < -0.4 is 10.6 Å². The molecule has 1 aliphatic rings. The van der Waals surface area contributed by atoms with Crippen molar-refractivity contribution in [1.29, 1.82) is 0 Å². The third-order valence-corrected chi connectivity index (χ3v) is 1.35. The number of carbonyl (C=O) groups excluding carboxylic acids is 1. The number of amidine groups is 1. The highest BCUT2D eigenvalue weighted by Gasteiger charge is 2.17. The van der Waals surface area contributed by atoms with Crippen LogP contribution in [0.15, 0.2) is 4.99 Å². The molecule has 56 valence electrons. The molecule has 0 bridgehead atoms. The van der Waals surface area contributed by atoms with Crippen molar-refractivity contribution in [3.8, 4) is 0 Å². The molecule has 1 unspecified atom stereocenters. The molecule has 0 spiro atoms. The summed E-state index contributed by atoms with van der Waals surface area (Å²) >= 11 is 0. The molecule has 0 saturated heterocycles. The summed E-state index contributed by atoms with van der Waals surface area (Å²) in [4.78, 5) is 14.8. The van der Waals surface area contributed by atoms with Crippen LogP contribution in [0.5, 0.6) is 0 Å². The molecule has 4 heteroatoms. The summed E-state index contributed by atoms with van der Waals surface area (Å²) < 4.78 is 0. The third-order valence-electron chi connectivity index (χ3n) is 1.35. The summed E-state index contributed by atoms with van der Waals surface area (Å²) in [5, 5.41) is 5.44. The minimum atomic E-state index is -0.135. The fourth-order valence-corrected chi connectivity index (χ4v) is 0.809. The van der Waals surface area contributed by atoms with Crippen molar-refractivity contribution in [2.75, 3.05) is 13.6 Å². The number of amides is 1. The predicted molar refractivity (Wildman–Crippen MR) is 39.0 cm³/mol. The van der Waals surface area contributed by atoms with Crippen molar-refractivity contribution >= 4 is 11.7 Å². The Kier molecular flexibility index (Phi) is 1.89. The Morgan fingerprint density at radius 1 is 1.90 bits per heavy atom. The van der Waals surface area contributed by atoms with E-state index in [2.05, 4.69) is 15.6 Å². The molecule has 0 aliphatic carbocycles. The fourth-order valence-electron chi connectivity index (χ4n) is 0.809. The monoisotopic (exact) mass is 141 g/mol. The summed E-state index contributed by atoms with van der Waals surface area (Å²) in [7, 11) is 1.59. The predicted octanol–water partition coefficient (Wildman–Crippen LogP) is -0.877. The lowest BCUT2D eigenvalue weighted by Gasteiger charge is -2.02. The minimum absolute atomic E-state index is 0.135. The van der Waals surface area contributed by atoms with Gasteiger partial charge in [-0.3, -0.25) is 9.79 Å². The first kappa shape index (κ1) is 7.05. The summed E-state index contributed by atoms with van der Waals surface area (Å²) in [6.07, 6.45) is 0. The molecule has 0 aromatic carbocycles. The first-order chi connectivity index (χ1) is 4.74. The van der Waals surface area contributed by atoms with Crippen LogP contribution in [0.1, 0.15) is 6.92 Å². The summed E-state index contributed by atoms with van der Waals surface area (Å²) in [6.45, 7) is 2.68. The molecule has 1 rings (SSSR count). The van der Waals surface area contributed by atoms with Gasteiger partial charge < -0.3 is 10.6 Å². The molecule has 0 aromatic heterocycles. The van der Waals surface area contributed by atoms with E-state index in [-0.39, 0.29) is 5.91 Å². The van der Waals surface area contributed by atoms with Crippen molar-refractivity contribution in [3.63, 3.8) is 0 Å². The quantitative estimate of drug-likeness (QED) is 0.498.